The van der Waals surface area contributed by atoms with Crippen LogP contribution in [0.15, 0.2) is 9.59 Å². The number of aryl methyl sites for hydroxylation is 1. The first-order chi connectivity index (χ1) is 10.5. The number of nitrogens with zero attached hydrogens (tertiary/aromatic N) is 2. The molecule has 1 fully saturated rings. The summed E-state index contributed by atoms with van der Waals surface area (Å²) in [7, 11) is 0. The summed E-state index contributed by atoms with van der Waals surface area (Å²) >= 11 is 1.33. The molecule has 3 heterocycles. The van der Waals surface area contributed by atoms with Crippen LogP contribution in [0.2, 0.25) is 0 Å². The monoisotopic (exact) mass is 321 g/mol. The van der Waals surface area contributed by atoms with E-state index in [1.807, 2.05) is 20.8 Å². The van der Waals surface area contributed by atoms with Crippen LogP contribution in [0.5, 0.6) is 0 Å². The van der Waals surface area contributed by atoms with Gasteiger partial charge in [-0.15, -0.1) is 11.3 Å². The predicted octanol–water partition coefficient (Wildman–Crippen LogP) is 1.90. The molecule has 1 aliphatic heterocycles. The van der Waals surface area contributed by atoms with Crippen LogP contribution in [0.3, 0.4) is 0 Å². The first kappa shape index (κ1) is 15.2. The van der Waals surface area contributed by atoms with E-state index < -0.39 is 0 Å². The minimum absolute atomic E-state index is 0.0323. The van der Waals surface area contributed by atoms with Crippen LogP contribution in [0.1, 0.15) is 36.8 Å². The second-order valence-corrected chi connectivity index (χ2v) is 6.89. The number of hydrogen-bond acceptors (Lipinski definition) is 5. The molecular formula is C15H19N3O3S. The van der Waals surface area contributed by atoms with Gasteiger partial charge in [0.15, 0.2) is 0 Å². The lowest BCUT2D eigenvalue weighted by Crippen LogP contribution is -2.44. The van der Waals surface area contributed by atoms with Crippen molar-refractivity contribution in [2.45, 2.75) is 45.9 Å². The Morgan fingerprint density at radius 3 is 2.64 bits per heavy atom. The maximum Gasteiger partial charge on any atom is 0.332 e. The fourth-order valence-electron chi connectivity index (χ4n) is 2.77. The largest absolute Gasteiger partial charge is 0.376 e. The predicted molar refractivity (Wildman–Crippen MR) is 87.7 cm³/mol. The van der Waals surface area contributed by atoms with Crippen LogP contribution in [0.4, 0.5) is 0 Å². The van der Waals surface area contributed by atoms with Gasteiger partial charge in [0, 0.05) is 18.9 Å². The Morgan fingerprint density at radius 2 is 2.14 bits per heavy atom. The average Bonchev–Trinajstić information content (AvgIpc) is 2.73. The molecule has 1 atom stereocenters. The molecule has 1 unspecified atom stereocenters. The minimum Gasteiger partial charge on any atom is -0.376 e. The van der Waals surface area contributed by atoms with Gasteiger partial charge in [0.1, 0.15) is 4.83 Å². The Balaban J connectivity index is 2.37. The van der Waals surface area contributed by atoms with E-state index in [0.717, 1.165) is 23.5 Å². The van der Waals surface area contributed by atoms with Gasteiger partial charge in [0.25, 0.3) is 5.56 Å². The van der Waals surface area contributed by atoms with Gasteiger partial charge in [-0.3, -0.25) is 13.9 Å². The van der Waals surface area contributed by atoms with Gasteiger partial charge in [-0.25, -0.2) is 4.79 Å². The number of rotatable bonds is 4. The lowest BCUT2D eigenvalue weighted by Gasteiger charge is -2.27. The van der Waals surface area contributed by atoms with Crippen molar-refractivity contribution in [2.75, 3.05) is 6.61 Å². The molecule has 0 aromatic carbocycles. The first-order valence-electron chi connectivity index (χ1n) is 7.36. The quantitative estimate of drug-likeness (QED) is 0.874. The van der Waals surface area contributed by atoms with Crippen LogP contribution >= 0.6 is 11.3 Å². The third kappa shape index (κ3) is 2.16. The van der Waals surface area contributed by atoms with Crippen molar-refractivity contribution in [3.05, 3.63) is 31.3 Å². The van der Waals surface area contributed by atoms with Crippen molar-refractivity contribution in [1.29, 1.82) is 5.41 Å². The van der Waals surface area contributed by atoms with Gasteiger partial charge in [0.2, 0.25) is 0 Å². The Bertz CT molecular complexity index is 856. The highest BCUT2D eigenvalue weighted by Crippen LogP contribution is 2.27. The van der Waals surface area contributed by atoms with E-state index in [-0.39, 0.29) is 23.4 Å². The van der Waals surface area contributed by atoms with Gasteiger partial charge >= 0.3 is 5.69 Å². The van der Waals surface area contributed by atoms with E-state index in [0.29, 0.717) is 16.8 Å². The maximum atomic E-state index is 12.7. The molecule has 0 bridgehead atoms. The molecule has 0 saturated carbocycles. The Labute approximate surface area is 131 Å². The molecule has 2 aromatic rings. The van der Waals surface area contributed by atoms with Gasteiger partial charge in [-0.2, -0.15) is 0 Å². The summed E-state index contributed by atoms with van der Waals surface area (Å²) in [5.74, 6) is 0. The zero-order chi connectivity index (χ0) is 16.0. The molecule has 118 valence electrons. The van der Waals surface area contributed by atoms with Crippen LogP contribution < -0.4 is 11.2 Å². The molecule has 1 saturated heterocycles. The highest BCUT2D eigenvalue weighted by atomic mass is 32.1. The zero-order valence-electron chi connectivity index (χ0n) is 12.9. The third-order valence-corrected chi connectivity index (χ3v) is 5.37. The summed E-state index contributed by atoms with van der Waals surface area (Å²) in [6.45, 7) is 6.68. The summed E-state index contributed by atoms with van der Waals surface area (Å²) in [6, 6.07) is -0.208. The van der Waals surface area contributed by atoms with Gasteiger partial charge in [-0.1, -0.05) is 0 Å². The van der Waals surface area contributed by atoms with Gasteiger partial charge in [-0.05, 0) is 32.8 Å². The third-order valence-electron chi connectivity index (χ3n) is 4.11. The molecule has 0 radical (unpaired) electrons. The highest BCUT2D eigenvalue weighted by Gasteiger charge is 2.25. The molecule has 6 nitrogen and oxygen atoms in total. The first-order valence-corrected chi connectivity index (χ1v) is 8.17. The van der Waals surface area contributed by atoms with Crippen molar-refractivity contribution in [2.24, 2.45) is 0 Å². The molecule has 0 spiro atoms. The van der Waals surface area contributed by atoms with E-state index in [9.17, 15) is 9.59 Å². The Kier molecular flexibility index (Phi) is 3.78. The van der Waals surface area contributed by atoms with E-state index in [1.54, 1.807) is 4.57 Å². The molecule has 3 rings (SSSR count). The number of aromatic nitrogens is 2. The van der Waals surface area contributed by atoms with E-state index in [4.69, 9.17) is 10.1 Å². The number of thiophene rings is 1. The second kappa shape index (κ2) is 5.48. The van der Waals surface area contributed by atoms with Crippen molar-refractivity contribution in [3.63, 3.8) is 0 Å². The van der Waals surface area contributed by atoms with Crippen LogP contribution in [-0.2, 0) is 11.3 Å². The van der Waals surface area contributed by atoms with Crippen molar-refractivity contribution >= 4 is 27.8 Å². The molecular weight excluding hydrogens is 302 g/mol. The van der Waals surface area contributed by atoms with Crippen molar-refractivity contribution in [1.82, 2.24) is 9.13 Å². The number of hydrogen-bond donors (Lipinski definition) is 1. The topological polar surface area (TPSA) is 77.1 Å². The maximum absolute atomic E-state index is 12.7. The molecule has 1 aliphatic rings. The Morgan fingerprint density at radius 1 is 1.45 bits per heavy atom. The molecule has 0 aliphatic carbocycles. The number of ether oxygens (including phenoxy) is 1. The molecule has 0 amide bonds. The summed E-state index contributed by atoms with van der Waals surface area (Å²) in [5, 5.41) is 8.06. The Hall–Kier alpha value is -1.73. The smallest absolute Gasteiger partial charge is 0.332 e. The van der Waals surface area contributed by atoms with Crippen LogP contribution in [-0.4, -0.2) is 28.1 Å². The average molecular weight is 321 g/mol. The minimum atomic E-state index is -0.291. The fraction of sp³-hybridized carbons (Fsp3) is 0.533. The molecule has 7 heteroatoms. The molecule has 22 heavy (non-hydrogen) atoms. The van der Waals surface area contributed by atoms with E-state index in [1.165, 1.54) is 22.1 Å². The number of nitrogens with one attached hydrogen (secondary N) is 1. The lowest BCUT2D eigenvalue weighted by molar-refractivity contribution is -0.0593. The van der Waals surface area contributed by atoms with Crippen LogP contribution in [0.25, 0.3) is 10.2 Å². The summed E-state index contributed by atoms with van der Waals surface area (Å²) in [5.41, 5.74) is 0.223. The zero-order valence-corrected chi connectivity index (χ0v) is 13.7. The van der Waals surface area contributed by atoms with Crippen molar-refractivity contribution < 1.29 is 4.74 Å². The van der Waals surface area contributed by atoms with Crippen molar-refractivity contribution in [3.8, 4) is 0 Å². The molecule has 1 N–H and O–H groups in total. The summed E-state index contributed by atoms with van der Waals surface area (Å²) in [4.78, 5) is 26.8. The summed E-state index contributed by atoms with van der Waals surface area (Å²) < 4.78 is 8.39. The normalized spacial score (nSPS) is 17.9. The number of fused-ring (bicyclic) bond motifs is 1. The highest BCUT2D eigenvalue weighted by molar-refractivity contribution is 7.20. The SMILES string of the molecule is Cc1c(C=N)sc2c1c(=O)n(C(C)C)c(=O)n2CC1CCO1. The fourth-order valence-corrected chi connectivity index (χ4v) is 3.90. The molecule has 2 aromatic heterocycles. The standard InChI is InChI=1S/C15H19N3O3S/c1-8(2)18-13(19)12-9(3)11(6-16)22-14(12)17(15(18)20)7-10-4-5-21-10/h6,8,10,16H,4-5,7H2,1-3H3. The summed E-state index contributed by atoms with van der Waals surface area (Å²) in [6.07, 6.45) is 2.20. The van der Waals surface area contributed by atoms with Gasteiger partial charge in [0.05, 0.1) is 22.9 Å². The van der Waals surface area contributed by atoms with E-state index >= 15 is 0 Å². The van der Waals surface area contributed by atoms with E-state index in [2.05, 4.69) is 0 Å². The lowest BCUT2D eigenvalue weighted by atomic mass is 10.2. The van der Waals surface area contributed by atoms with Gasteiger partial charge < -0.3 is 10.1 Å². The van der Waals surface area contributed by atoms with Crippen LogP contribution in [0, 0.1) is 12.3 Å². The second-order valence-electron chi connectivity index (χ2n) is 5.86.